The highest BCUT2D eigenvalue weighted by Crippen LogP contribution is 2.23. The second-order valence-corrected chi connectivity index (χ2v) is 6.05. The summed E-state index contributed by atoms with van der Waals surface area (Å²) in [5.74, 6) is 0.556. The molecule has 1 heterocycles. The first-order valence-electron chi connectivity index (χ1n) is 7.35. The molecule has 1 amide bonds. The number of benzene rings is 1. The maximum atomic E-state index is 12.0. The highest BCUT2D eigenvalue weighted by atomic mass is 16.2. The minimum Gasteiger partial charge on any atom is -0.398 e. The van der Waals surface area contributed by atoms with Crippen LogP contribution in [0.4, 0.5) is 5.69 Å². The van der Waals surface area contributed by atoms with E-state index in [-0.39, 0.29) is 11.9 Å². The molecule has 0 saturated carbocycles. The fourth-order valence-corrected chi connectivity index (χ4v) is 2.47. The molecule has 0 spiro atoms. The molecule has 1 unspecified atom stereocenters. The molecule has 1 aliphatic heterocycles. The molecule has 1 atom stereocenters. The van der Waals surface area contributed by atoms with E-state index in [1.54, 1.807) is 0 Å². The van der Waals surface area contributed by atoms with Crippen LogP contribution in [-0.4, -0.2) is 29.9 Å². The summed E-state index contributed by atoms with van der Waals surface area (Å²) < 4.78 is 0. The van der Waals surface area contributed by atoms with Crippen molar-refractivity contribution in [3.63, 3.8) is 0 Å². The fourth-order valence-electron chi connectivity index (χ4n) is 2.47. The van der Waals surface area contributed by atoms with Gasteiger partial charge in [-0.05, 0) is 36.5 Å². The maximum Gasteiger partial charge on any atom is 0.234 e. The number of carbonyl (C=O) groups excluding carboxylic acids is 1. The number of rotatable bonds is 4. The predicted molar refractivity (Wildman–Crippen MR) is 82.3 cm³/mol. The van der Waals surface area contributed by atoms with Gasteiger partial charge in [0.1, 0.15) is 0 Å². The summed E-state index contributed by atoms with van der Waals surface area (Å²) in [6.07, 6.45) is 0.966. The minimum atomic E-state index is 0.101. The predicted octanol–water partition coefficient (Wildman–Crippen LogP) is 1.79. The van der Waals surface area contributed by atoms with Gasteiger partial charge in [0.05, 0.1) is 6.54 Å². The monoisotopic (exact) mass is 275 g/mol. The van der Waals surface area contributed by atoms with Crippen molar-refractivity contribution in [1.29, 1.82) is 0 Å². The lowest BCUT2D eigenvalue weighted by molar-refractivity contribution is -0.123. The van der Waals surface area contributed by atoms with E-state index in [4.69, 9.17) is 5.73 Å². The first-order chi connectivity index (χ1) is 9.47. The average Bonchev–Trinajstić information content (AvgIpc) is 2.39. The zero-order chi connectivity index (χ0) is 14.7. The van der Waals surface area contributed by atoms with Gasteiger partial charge in [0.25, 0.3) is 0 Å². The van der Waals surface area contributed by atoms with E-state index >= 15 is 0 Å². The Kier molecular flexibility index (Phi) is 4.65. The Labute approximate surface area is 121 Å². The van der Waals surface area contributed by atoms with Crippen molar-refractivity contribution in [2.24, 2.45) is 5.92 Å². The number of hydrogen-bond acceptors (Lipinski definition) is 3. The molecule has 3 N–H and O–H groups in total. The largest absolute Gasteiger partial charge is 0.398 e. The van der Waals surface area contributed by atoms with Crippen LogP contribution in [0.15, 0.2) is 18.2 Å². The molecule has 20 heavy (non-hydrogen) atoms. The van der Waals surface area contributed by atoms with Gasteiger partial charge in [0.15, 0.2) is 0 Å². The van der Waals surface area contributed by atoms with Crippen molar-refractivity contribution in [1.82, 2.24) is 10.2 Å². The second kappa shape index (κ2) is 6.27. The molecule has 0 bridgehead atoms. The molecule has 1 aliphatic rings. The van der Waals surface area contributed by atoms with Crippen LogP contribution in [0.3, 0.4) is 0 Å². The SMILES string of the molecule is CC(C)C(C)NC(=O)CN1CCc2cccc(N)c2C1. The molecule has 4 heteroatoms. The molecule has 4 nitrogen and oxygen atoms in total. The van der Waals surface area contributed by atoms with Crippen molar-refractivity contribution < 1.29 is 4.79 Å². The molecular weight excluding hydrogens is 250 g/mol. The van der Waals surface area contributed by atoms with E-state index < -0.39 is 0 Å². The molecule has 1 aromatic rings. The van der Waals surface area contributed by atoms with Gasteiger partial charge in [-0.1, -0.05) is 26.0 Å². The molecule has 0 saturated heterocycles. The van der Waals surface area contributed by atoms with Crippen LogP contribution >= 0.6 is 0 Å². The number of nitrogens with two attached hydrogens (primary N) is 1. The summed E-state index contributed by atoms with van der Waals surface area (Å²) in [5, 5.41) is 3.05. The van der Waals surface area contributed by atoms with Crippen LogP contribution in [0.2, 0.25) is 0 Å². The number of amides is 1. The van der Waals surface area contributed by atoms with Gasteiger partial charge in [-0.15, -0.1) is 0 Å². The number of anilines is 1. The average molecular weight is 275 g/mol. The normalized spacial score (nSPS) is 16.8. The van der Waals surface area contributed by atoms with E-state index in [1.165, 1.54) is 11.1 Å². The fraction of sp³-hybridized carbons (Fsp3) is 0.562. The minimum absolute atomic E-state index is 0.101. The summed E-state index contributed by atoms with van der Waals surface area (Å²) in [4.78, 5) is 14.2. The summed E-state index contributed by atoms with van der Waals surface area (Å²) in [6, 6.07) is 6.28. The van der Waals surface area contributed by atoms with Crippen LogP contribution in [0, 0.1) is 5.92 Å². The number of carbonyl (C=O) groups is 1. The molecule has 2 rings (SSSR count). The third kappa shape index (κ3) is 3.51. The van der Waals surface area contributed by atoms with Crippen LogP contribution in [0.1, 0.15) is 31.9 Å². The van der Waals surface area contributed by atoms with Crippen molar-refractivity contribution in [3.8, 4) is 0 Å². The van der Waals surface area contributed by atoms with E-state index in [0.29, 0.717) is 12.5 Å². The van der Waals surface area contributed by atoms with Gasteiger partial charge >= 0.3 is 0 Å². The van der Waals surface area contributed by atoms with Crippen LogP contribution < -0.4 is 11.1 Å². The van der Waals surface area contributed by atoms with Crippen LogP contribution in [-0.2, 0) is 17.8 Å². The van der Waals surface area contributed by atoms with Crippen LogP contribution in [0.5, 0.6) is 0 Å². The van der Waals surface area contributed by atoms with Gasteiger partial charge in [-0.25, -0.2) is 0 Å². The molecule has 0 fully saturated rings. The van der Waals surface area contributed by atoms with E-state index in [1.807, 2.05) is 19.1 Å². The zero-order valence-corrected chi connectivity index (χ0v) is 12.6. The van der Waals surface area contributed by atoms with Crippen molar-refractivity contribution in [3.05, 3.63) is 29.3 Å². The van der Waals surface area contributed by atoms with Crippen LogP contribution in [0.25, 0.3) is 0 Å². The quantitative estimate of drug-likeness (QED) is 0.824. The molecular formula is C16H25N3O. The molecule has 0 aliphatic carbocycles. The summed E-state index contributed by atoms with van der Waals surface area (Å²) in [5.41, 5.74) is 9.36. The van der Waals surface area contributed by atoms with Gasteiger partial charge in [0, 0.05) is 24.8 Å². The third-order valence-electron chi connectivity index (χ3n) is 4.14. The first kappa shape index (κ1) is 14.9. The first-order valence-corrected chi connectivity index (χ1v) is 7.35. The van der Waals surface area contributed by atoms with E-state index in [2.05, 4.69) is 30.1 Å². The summed E-state index contributed by atoms with van der Waals surface area (Å²) in [6.45, 7) is 8.41. The maximum absolute atomic E-state index is 12.0. The smallest absolute Gasteiger partial charge is 0.234 e. The Morgan fingerprint density at radius 2 is 2.15 bits per heavy atom. The number of nitrogens with zero attached hydrogens (tertiary/aromatic N) is 1. The lowest BCUT2D eigenvalue weighted by Gasteiger charge is -2.29. The highest BCUT2D eigenvalue weighted by molar-refractivity contribution is 5.78. The molecule has 0 aromatic heterocycles. The Hall–Kier alpha value is -1.55. The molecule has 0 radical (unpaired) electrons. The van der Waals surface area contributed by atoms with Crippen molar-refractivity contribution in [2.45, 2.75) is 39.8 Å². The van der Waals surface area contributed by atoms with Crippen molar-refractivity contribution >= 4 is 11.6 Å². The van der Waals surface area contributed by atoms with Gasteiger partial charge < -0.3 is 11.1 Å². The number of hydrogen-bond donors (Lipinski definition) is 2. The number of nitrogens with one attached hydrogen (secondary N) is 1. The Balaban J connectivity index is 1.93. The van der Waals surface area contributed by atoms with E-state index in [9.17, 15) is 4.79 Å². The summed E-state index contributed by atoms with van der Waals surface area (Å²) in [7, 11) is 0. The number of nitrogen functional groups attached to an aromatic ring is 1. The standard InChI is InChI=1S/C16H25N3O/c1-11(2)12(3)18-16(20)10-19-8-7-13-5-4-6-15(17)14(13)9-19/h4-6,11-12H,7-10,17H2,1-3H3,(H,18,20). The zero-order valence-electron chi connectivity index (χ0n) is 12.6. The Bertz CT molecular complexity index is 485. The highest BCUT2D eigenvalue weighted by Gasteiger charge is 2.20. The summed E-state index contributed by atoms with van der Waals surface area (Å²) >= 11 is 0. The number of fused-ring (bicyclic) bond motifs is 1. The van der Waals surface area contributed by atoms with Gasteiger partial charge in [-0.2, -0.15) is 0 Å². The Morgan fingerprint density at radius 3 is 2.85 bits per heavy atom. The van der Waals surface area contributed by atoms with Gasteiger partial charge in [0.2, 0.25) is 5.91 Å². The lowest BCUT2D eigenvalue weighted by Crippen LogP contribution is -2.44. The topological polar surface area (TPSA) is 58.4 Å². The lowest BCUT2D eigenvalue weighted by atomic mass is 9.98. The second-order valence-electron chi connectivity index (χ2n) is 6.05. The molecule has 110 valence electrons. The third-order valence-corrected chi connectivity index (χ3v) is 4.14. The van der Waals surface area contributed by atoms with Crippen molar-refractivity contribution in [2.75, 3.05) is 18.8 Å². The van der Waals surface area contributed by atoms with Gasteiger partial charge in [-0.3, -0.25) is 9.69 Å². The molecule has 1 aromatic carbocycles. The van der Waals surface area contributed by atoms with E-state index in [0.717, 1.165) is 25.2 Å². The Morgan fingerprint density at radius 1 is 1.40 bits per heavy atom.